The molecule has 0 bridgehead atoms. The lowest BCUT2D eigenvalue weighted by molar-refractivity contribution is -0.147. The number of nitrogens with one attached hydrogen (secondary N) is 1. The van der Waals surface area contributed by atoms with E-state index in [1.807, 2.05) is 31.2 Å². The Balaban J connectivity index is 1.18. The van der Waals surface area contributed by atoms with Gasteiger partial charge in [0.15, 0.2) is 0 Å². The minimum atomic E-state index is -0.739. The average Bonchev–Trinajstić information content (AvgIpc) is 3.51. The number of benzene rings is 3. The number of aliphatic carboxylic acids is 1. The second-order valence-electron chi connectivity index (χ2n) is 13.6. The molecule has 0 radical (unpaired) electrons. The highest BCUT2D eigenvalue weighted by Crippen LogP contribution is 2.34. The molecule has 3 heterocycles. The Morgan fingerprint density at radius 3 is 2.22 bits per heavy atom. The number of aryl methyl sites for hydroxylation is 1. The standard InChI is InChI=1S/C41H46N4O6/c1-25-16-30(20-45-22-32(23-45)41(48)49)38(50-4)17-29(25)13-12-28-8-6-9-34(26(28)2)35-10-7-11-36(27(35)3)43-40(47)37-18-39(51-5)31(19-42-37)21-44-15-14-33(46)24-44/h6-13,16-19,32-33,46H,14-15,20-24H2,1-5H3,(H,43,47)(H,48,49)/b13-12+/t33-/m1/s1. The van der Waals surface area contributed by atoms with Crippen LogP contribution in [-0.4, -0.2) is 83.4 Å². The molecule has 2 aliphatic heterocycles. The second-order valence-corrected chi connectivity index (χ2v) is 13.6. The van der Waals surface area contributed by atoms with Gasteiger partial charge in [0, 0.05) is 68.3 Å². The summed E-state index contributed by atoms with van der Waals surface area (Å²) in [6.45, 7) is 9.96. The van der Waals surface area contributed by atoms with Crippen LogP contribution >= 0.6 is 0 Å². The predicted molar refractivity (Wildman–Crippen MR) is 199 cm³/mol. The van der Waals surface area contributed by atoms with Crippen LogP contribution < -0.4 is 14.8 Å². The van der Waals surface area contributed by atoms with Crippen molar-refractivity contribution in [3.8, 4) is 22.6 Å². The van der Waals surface area contributed by atoms with E-state index < -0.39 is 5.97 Å². The lowest BCUT2D eigenvalue weighted by Crippen LogP contribution is -2.49. The van der Waals surface area contributed by atoms with Crippen LogP contribution in [0.2, 0.25) is 0 Å². The number of likely N-dealkylation sites (tertiary alicyclic amines) is 2. The number of ether oxygens (including phenoxy) is 2. The van der Waals surface area contributed by atoms with Crippen LogP contribution in [0.4, 0.5) is 5.69 Å². The molecular weight excluding hydrogens is 644 g/mol. The summed E-state index contributed by atoms with van der Waals surface area (Å²) in [4.78, 5) is 33.4. The number of rotatable bonds is 12. The van der Waals surface area contributed by atoms with E-state index >= 15 is 0 Å². The highest BCUT2D eigenvalue weighted by Gasteiger charge is 2.32. The quantitative estimate of drug-likeness (QED) is 0.149. The molecule has 1 atom stereocenters. The van der Waals surface area contributed by atoms with E-state index in [0.717, 1.165) is 68.8 Å². The third-order valence-electron chi connectivity index (χ3n) is 10.1. The van der Waals surface area contributed by atoms with Gasteiger partial charge in [0.05, 0.1) is 26.2 Å². The Morgan fingerprint density at radius 1 is 0.863 bits per heavy atom. The van der Waals surface area contributed by atoms with Crippen molar-refractivity contribution < 1.29 is 29.3 Å². The number of β-amino-alcohol motifs (C(OH)–C–C–N with tert-alkyl or cyclic N) is 1. The number of carbonyl (C=O) groups is 2. The molecule has 0 saturated carbocycles. The summed E-state index contributed by atoms with van der Waals surface area (Å²) in [7, 11) is 3.25. The maximum Gasteiger partial charge on any atom is 0.309 e. The highest BCUT2D eigenvalue weighted by molar-refractivity contribution is 6.04. The molecule has 266 valence electrons. The summed E-state index contributed by atoms with van der Waals surface area (Å²) in [5.74, 6) is 0.0181. The van der Waals surface area contributed by atoms with Crippen molar-refractivity contribution in [2.45, 2.75) is 46.4 Å². The molecule has 10 heteroatoms. The zero-order valence-electron chi connectivity index (χ0n) is 29.9. The van der Waals surface area contributed by atoms with Crippen LogP contribution in [0, 0.1) is 26.7 Å². The van der Waals surface area contributed by atoms with E-state index in [1.54, 1.807) is 26.5 Å². The first kappa shape index (κ1) is 35.8. The fraction of sp³-hybridized carbons (Fsp3) is 0.341. The van der Waals surface area contributed by atoms with Gasteiger partial charge in [-0.05, 0) is 78.3 Å². The van der Waals surface area contributed by atoms with Gasteiger partial charge in [0.2, 0.25) is 0 Å². The summed E-state index contributed by atoms with van der Waals surface area (Å²) in [5, 5.41) is 22.2. The normalized spacial score (nSPS) is 16.7. The van der Waals surface area contributed by atoms with Gasteiger partial charge in [-0.3, -0.25) is 24.4 Å². The van der Waals surface area contributed by atoms with Gasteiger partial charge < -0.3 is 25.0 Å². The Kier molecular flexibility index (Phi) is 10.9. The number of hydrogen-bond donors (Lipinski definition) is 3. The monoisotopic (exact) mass is 690 g/mol. The van der Waals surface area contributed by atoms with E-state index in [4.69, 9.17) is 9.47 Å². The summed E-state index contributed by atoms with van der Waals surface area (Å²) in [6, 6.07) is 18.0. The lowest BCUT2D eigenvalue weighted by atomic mass is 9.92. The molecule has 6 rings (SSSR count). The number of carbonyl (C=O) groups excluding carboxylic acids is 1. The van der Waals surface area contributed by atoms with Crippen molar-refractivity contribution in [3.05, 3.63) is 105 Å². The summed E-state index contributed by atoms with van der Waals surface area (Å²) in [5.41, 5.74) is 10.3. The number of anilines is 1. The maximum atomic E-state index is 13.4. The molecule has 3 aromatic carbocycles. The van der Waals surface area contributed by atoms with Gasteiger partial charge in [-0.2, -0.15) is 0 Å². The van der Waals surface area contributed by atoms with E-state index in [0.29, 0.717) is 44.2 Å². The number of carboxylic acids is 1. The van der Waals surface area contributed by atoms with Crippen LogP contribution in [0.1, 0.15) is 55.9 Å². The number of aliphatic hydroxyl groups excluding tert-OH is 1. The second kappa shape index (κ2) is 15.5. The maximum absolute atomic E-state index is 13.4. The van der Waals surface area contributed by atoms with E-state index in [9.17, 15) is 19.8 Å². The summed E-state index contributed by atoms with van der Waals surface area (Å²) >= 11 is 0. The minimum absolute atomic E-state index is 0.262. The molecule has 0 aliphatic carbocycles. The fourth-order valence-corrected chi connectivity index (χ4v) is 7.00. The number of nitrogens with zero attached hydrogens (tertiary/aromatic N) is 3. The Morgan fingerprint density at radius 2 is 1.53 bits per heavy atom. The molecule has 0 spiro atoms. The van der Waals surface area contributed by atoms with E-state index in [2.05, 4.69) is 70.4 Å². The Hall–Kier alpha value is -5.03. The Labute approximate surface area is 299 Å². The molecule has 1 aromatic heterocycles. The van der Waals surface area contributed by atoms with Crippen LogP contribution in [-0.2, 0) is 17.9 Å². The van der Waals surface area contributed by atoms with Crippen molar-refractivity contribution in [1.82, 2.24) is 14.8 Å². The number of amides is 1. The largest absolute Gasteiger partial charge is 0.496 e. The third kappa shape index (κ3) is 7.99. The number of hydrogen-bond acceptors (Lipinski definition) is 8. The lowest BCUT2D eigenvalue weighted by Gasteiger charge is -2.36. The summed E-state index contributed by atoms with van der Waals surface area (Å²) in [6.07, 6.45) is 6.33. The molecule has 2 saturated heterocycles. The van der Waals surface area contributed by atoms with Crippen LogP contribution in [0.25, 0.3) is 23.3 Å². The van der Waals surface area contributed by atoms with Gasteiger partial charge in [-0.25, -0.2) is 0 Å². The van der Waals surface area contributed by atoms with Gasteiger partial charge in [0.1, 0.15) is 17.2 Å². The first-order chi connectivity index (χ1) is 24.5. The van der Waals surface area contributed by atoms with Gasteiger partial charge in [-0.1, -0.05) is 48.6 Å². The number of carboxylic acid groups (broad SMARTS) is 1. The van der Waals surface area contributed by atoms with Crippen LogP contribution in [0.3, 0.4) is 0 Å². The number of methoxy groups -OCH3 is 2. The first-order valence-electron chi connectivity index (χ1n) is 17.3. The third-order valence-corrected chi connectivity index (χ3v) is 10.1. The zero-order valence-corrected chi connectivity index (χ0v) is 29.9. The average molecular weight is 691 g/mol. The van der Waals surface area contributed by atoms with Crippen LogP contribution in [0.5, 0.6) is 11.5 Å². The molecule has 1 amide bonds. The van der Waals surface area contributed by atoms with Gasteiger partial charge >= 0.3 is 5.97 Å². The molecule has 3 N–H and O–H groups in total. The van der Waals surface area contributed by atoms with E-state index in [-0.39, 0.29) is 23.6 Å². The van der Waals surface area contributed by atoms with Crippen molar-refractivity contribution >= 4 is 29.7 Å². The molecule has 2 fully saturated rings. The molecule has 0 unspecified atom stereocenters. The highest BCUT2D eigenvalue weighted by atomic mass is 16.5. The fourth-order valence-electron chi connectivity index (χ4n) is 7.00. The molecular formula is C41H46N4O6. The number of pyridine rings is 1. The molecule has 51 heavy (non-hydrogen) atoms. The Bertz CT molecular complexity index is 1970. The van der Waals surface area contributed by atoms with Crippen molar-refractivity contribution in [3.63, 3.8) is 0 Å². The van der Waals surface area contributed by atoms with Crippen molar-refractivity contribution in [2.24, 2.45) is 5.92 Å². The minimum Gasteiger partial charge on any atom is -0.496 e. The smallest absolute Gasteiger partial charge is 0.309 e. The van der Waals surface area contributed by atoms with E-state index in [1.165, 1.54) is 0 Å². The summed E-state index contributed by atoms with van der Waals surface area (Å²) < 4.78 is 11.3. The van der Waals surface area contributed by atoms with Crippen LogP contribution in [0.15, 0.2) is 60.8 Å². The van der Waals surface area contributed by atoms with Gasteiger partial charge in [0.25, 0.3) is 5.91 Å². The van der Waals surface area contributed by atoms with Crippen molar-refractivity contribution in [1.29, 1.82) is 0 Å². The van der Waals surface area contributed by atoms with Crippen molar-refractivity contribution in [2.75, 3.05) is 45.7 Å². The first-order valence-corrected chi connectivity index (χ1v) is 17.3. The SMILES string of the molecule is COc1cc(/C=C/c2cccc(-c3cccc(NC(=O)c4cc(OC)c(CN5CC[C@@H](O)C5)cn4)c3C)c2C)c(C)cc1CN1CC(C(=O)O)C1. The van der Waals surface area contributed by atoms with Gasteiger partial charge in [-0.15, -0.1) is 0 Å². The topological polar surface area (TPSA) is 124 Å². The number of aliphatic hydroxyl groups is 1. The molecule has 2 aliphatic rings. The molecule has 4 aromatic rings. The predicted octanol–water partition coefficient (Wildman–Crippen LogP) is 6.20. The number of aromatic nitrogens is 1. The zero-order chi connectivity index (χ0) is 36.2. The molecule has 10 nitrogen and oxygen atoms in total.